The summed E-state index contributed by atoms with van der Waals surface area (Å²) in [5.74, 6) is 1.59. The third-order valence-corrected chi connectivity index (χ3v) is 3.27. The molecular formula is C13H24N6O. The van der Waals surface area contributed by atoms with Crippen molar-refractivity contribution in [3.63, 3.8) is 0 Å². The number of rotatable bonds is 5. The van der Waals surface area contributed by atoms with Crippen LogP contribution in [0.4, 0.5) is 17.8 Å². The number of ether oxygens (including phenoxy) is 1. The van der Waals surface area contributed by atoms with E-state index in [2.05, 4.69) is 45.5 Å². The zero-order chi connectivity index (χ0) is 14.5. The van der Waals surface area contributed by atoms with Crippen molar-refractivity contribution in [1.82, 2.24) is 15.0 Å². The standard InChI is InChI=1S/C13H24N6O/c1-4-5-19(10(2)3)13-16-11(14)15-12(17-13)18-6-8-20-9-7-18/h10H,4-9H2,1-3H3,(H2,14,15,16,17). The number of hydrogen-bond acceptors (Lipinski definition) is 7. The zero-order valence-corrected chi connectivity index (χ0v) is 12.5. The number of morpholine rings is 1. The molecule has 0 aromatic carbocycles. The number of nitrogens with zero attached hydrogens (tertiary/aromatic N) is 5. The van der Waals surface area contributed by atoms with Crippen molar-refractivity contribution < 1.29 is 4.74 Å². The number of anilines is 3. The molecular weight excluding hydrogens is 256 g/mol. The van der Waals surface area contributed by atoms with E-state index < -0.39 is 0 Å². The fourth-order valence-corrected chi connectivity index (χ4v) is 2.23. The summed E-state index contributed by atoms with van der Waals surface area (Å²) in [6.45, 7) is 10.3. The van der Waals surface area contributed by atoms with Crippen molar-refractivity contribution in [2.24, 2.45) is 0 Å². The second-order valence-corrected chi connectivity index (χ2v) is 5.18. The summed E-state index contributed by atoms with van der Waals surface area (Å²) >= 11 is 0. The van der Waals surface area contributed by atoms with Crippen molar-refractivity contribution in [2.75, 3.05) is 48.4 Å². The molecule has 7 heteroatoms. The molecule has 112 valence electrons. The summed E-state index contributed by atoms with van der Waals surface area (Å²) in [6, 6.07) is 0.328. The first kappa shape index (κ1) is 14.8. The Bertz CT molecular complexity index is 433. The van der Waals surface area contributed by atoms with Crippen LogP contribution in [0.3, 0.4) is 0 Å². The van der Waals surface area contributed by atoms with Crippen molar-refractivity contribution in [2.45, 2.75) is 33.2 Å². The Morgan fingerprint density at radius 2 is 1.95 bits per heavy atom. The Labute approximate surface area is 120 Å². The Hall–Kier alpha value is -1.63. The SMILES string of the molecule is CCCN(c1nc(N)nc(N2CCOCC2)n1)C(C)C. The maximum Gasteiger partial charge on any atom is 0.232 e. The van der Waals surface area contributed by atoms with E-state index in [0.29, 0.717) is 31.2 Å². The maximum absolute atomic E-state index is 5.85. The molecule has 0 spiro atoms. The van der Waals surface area contributed by atoms with Gasteiger partial charge in [-0.2, -0.15) is 15.0 Å². The molecule has 0 unspecified atom stereocenters. The summed E-state index contributed by atoms with van der Waals surface area (Å²) in [4.78, 5) is 17.4. The normalized spacial score (nSPS) is 15.7. The van der Waals surface area contributed by atoms with Gasteiger partial charge >= 0.3 is 0 Å². The summed E-state index contributed by atoms with van der Waals surface area (Å²) < 4.78 is 5.35. The van der Waals surface area contributed by atoms with Gasteiger partial charge < -0.3 is 20.3 Å². The van der Waals surface area contributed by atoms with E-state index in [4.69, 9.17) is 10.5 Å². The van der Waals surface area contributed by atoms with Crippen molar-refractivity contribution in [3.8, 4) is 0 Å². The minimum absolute atomic E-state index is 0.276. The lowest BCUT2D eigenvalue weighted by atomic mass is 10.3. The van der Waals surface area contributed by atoms with Gasteiger partial charge in [-0.3, -0.25) is 0 Å². The summed E-state index contributed by atoms with van der Waals surface area (Å²) in [7, 11) is 0. The van der Waals surface area contributed by atoms with E-state index in [0.717, 1.165) is 26.1 Å². The quantitative estimate of drug-likeness (QED) is 0.858. The lowest BCUT2D eigenvalue weighted by Crippen LogP contribution is -2.39. The molecule has 1 fully saturated rings. The molecule has 2 rings (SSSR count). The molecule has 1 aromatic heterocycles. The van der Waals surface area contributed by atoms with Crippen LogP contribution in [0.25, 0.3) is 0 Å². The summed E-state index contributed by atoms with van der Waals surface area (Å²) in [6.07, 6.45) is 1.04. The predicted molar refractivity (Wildman–Crippen MR) is 80.0 cm³/mol. The molecule has 7 nitrogen and oxygen atoms in total. The highest BCUT2D eigenvalue weighted by atomic mass is 16.5. The van der Waals surface area contributed by atoms with Gasteiger partial charge in [0, 0.05) is 25.7 Å². The van der Waals surface area contributed by atoms with E-state index in [9.17, 15) is 0 Å². The van der Waals surface area contributed by atoms with E-state index in [1.807, 2.05) is 0 Å². The van der Waals surface area contributed by atoms with E-state index in [1.165, 1.54) is 0 Å². The predicted octanol–water partition coefficient (Wildman–Crippen LogP) is 0.915. The third-order valence-electron chi connectivity index (χ3n) is 3.27. The molecule has 1 saturated heterocycles. The Morgan fingerprint density at radius 3 is 2.55 bits per heavy atom. The van der Waals surface area contributed by atoms with E-state index in [-0.39, 0.29) is 5.95 Å². The van der Waals surface area contributed by atoms with Gasteiger partial charge in [0.25, 0.3) is 0 Å². The van der Waals surface area contributed by atoms with Gasteiger partial charge in [-0.1, -0.05) is 6.92 Å². The number of nitrogens with two attached hydrogens (primary N) is 1. The molecule has 0 radical (unpaired) electrons. The fourth-order valence-electron chi connectivity index (χ4n) is 2.23. The Balaban J connectivity index is 2.26. The van der Waals surface area contributed by atoms with Gasteiger partial charge in [-0.15, -0.1) is 0 Å². The van der Waals surface area contributed by atoms with Gasteiger partial charge in [0.05, 0.1) is 13.2 Å². The van der Waals surface area contributed by atoms with Crippen LogP contribution < -0.4 is 15.5 Å². The van der Waals surface area contributed by atoms with Gasteiger partial charge in [-0.25, -0.2) is 0 Å². The molecule has 2 heterocycles. The first-order chi connectivity index (χ1) is 9.61. The monoisotopic (exact) mass is 280 g/mol. The molecule has 1 aliphatic heterocycles. The second-order valence-electron chi connectivity index (χ2n) is 5.18. The molecule has 0 atom stereocenters. The molecule has 2 N–H and O–H groups in total. The first-order valence-electron chi connectivity index (χ1n) is 7.22. The summed E-state index contributed by atoms with van der Waals surface area (Å²) in [5.41, 5.74) is 5.85. The molecule has 1 aromatic rings. The van der Waals surface area contributed by atoms with Crippen molar-refractivity contribution >= 4 is 17.8 Å². The van der Waals surface area contributed by atoms with Crippen molar-refractivity contribution in [3.05, 3.63) is 0 Å². The largest absolute Gasteiger partial charge is 0.378 e. The molecule has 0 saturated carbocycles. The van der Waals surface area contributed by atoms with Crippen LogP contribution in [0.5, 0.6) is 0 Å². The van der Waals surface area contributed by atoms with E-state index >= 15 is 0 Å². The Kier molecular flexibility index (Phi) is 4.94. The summed E-state index contributed by atoms with van der Waals surface area (Å²) in [5, 5.41) is 0. The molecule has 0 amide bonds. The highest BCUT2D eigenvalue weighted by Crippen LogP contribution is 2.18. The average Bonchev–Trinajstić information content (AvgIpc) is 2.44. The molecule has 1 aliphatic rings. The zero-order valence-electron chi connectivity index (χ0n) is 12.5. The topological polar surface area (TPSA) is 80.4 Å². The smallest absolute Gasteiger partial charge is 0.232 e. The molecule has 0 aliphatic carbocycles. The third kappa shape index (κ3) is 3.47. The first-order valence-corrected chi connectivity index (χ1v) is 7.22. The maximum atomic E-state index is 5.85. The molecule has 20 heavy (non-hydrogen) atoms. The van der Waals surface area contributed by atoms with Crippen LogP contribution in [-0.2, 0) is 4.74 Å². The van der Waals surface area contributed by atoms with Gasteiger partial charge in [-0.05, 0) is 20.3 Å². The van der Waals surface area contributed by atoms with E-state index in [1.54, 1.807) is 0 Å². The van der Waals surface area contributed by atoms with Gasteiger partial charge in [0.1, 0.15) is 0 Å². The van der Waals surface area contributed by atoms with Crippen LogP contribution in [0.1, 0.15) is 27.2 Å². The van der Waals surface area contributed by atoms with Crippen LogP contribution in [0, 0.1) is 0 Å². The van der Waals surface area contributed by atoms with Crippen LogP contribution in [0.15, 0.2) is 0 Å². The van der Waals surface area contributed by atoms with Crippen LogP contribution in [0.2, 0.25) is 0 Å². The Morgan fingerprint density at radius 1 is 1.25 bits per heavy atom. The van der Waals surface area contributed by atoms with Crippen LogP contribution in [-0.4, -0.2) is 53.8 Å². The average molecular weight is 280 g/mol. The molecule has 0 bridgehead atoms. The number of hydrogen-bond donors (Lipinski definition) is 1. The highest BCUT2D eigenvalue weighted by molar-refractivity contribution is 5.44. The lowest BCUT2D eigenvalue weighted by Gasteiger charge is -2.29. The number of nitrogen functional groups attached to an aromatic ring is 1. The van der Waals surface area contributed by atoms with Crippen LogP contribution >= 0.6 is 0 Å². The number of aromatic nitrogens is 3. The van der Waals surface area contributed by atoms with Crippen molar-refractivity contribution in [1.29, 1.82) is 0 Å². The lowest BCUT2D eigenvalue weighted by molar-refractivity contribution is 0.122. The minimum atomic E-state index is 0.276. The van der Waals surface area contributed by atoms with Gasteiger partial charge in [0.2, 0.25) is 17.8 Å². The minimum Gasteiger partial charge on any atom is -0.378 e. The van der Waals surface area contributed by atoms with Gasteiger partial charge in [0.15, 0.2) is 0 Å². The fraction of sp³-hybridized carbons (Fsp3) is 0.769. The second kappa shape index (κ2) is 6.69. The highest BCUT2D eigenvalue weighted by Gasteiger charge is 2.19.